The molecule has 1 aromatic heterocycles. The zero-order valence-electron chi connectivity index (χ0n) is 15.8. The van der Waals surface area contributed by atoms with Gasteiger partial charge in [0.2, 0.25) is 0 Å². The summed E-state index contributed by atoms with van der Waals surface area (Å²) in [6.07, 6.45) is 6.46. The van der Waals surface area contributed by atoms with Crippen molar-refractivity contribution >= 4 is 11.9 Å². The van der Waals surface area contributed by atoms with Crippen molar-refractivity contribution in [2.45, 2.75) is 46.5 Å². The number of nitrogens with zero attached hydrogens (tertiary/aromatic N) is 2. The Bertz CT molecular complexity index is 552. The lowest BCUT2D eigenvalue weighted by Crippen LogP contribution is -2.50. The fraction of sp³-hybridized carbons (Fsp3) is 0.684. The van der Waals surface area contributed by atoms with Gasteiger partial charge in [-0.25, -0.2) is 0 Å². The van der Waals surface area contributed by atoms with Gasteiger partial charge < -0.3 is 20.0 Å². The van der Waals surface area contributed by atoms with Crippen LogP contribution < -0.4 is 10.6 Å². The van der Waals surface area contributed by atoms with E-state index in [-0.39, 0.29) is 5.91 Å². The number of hydrogen-bond acceptors (Lipinski definition) is 3. The van der Waals surface area contributed by atoms with Crippen molar-refractivity contribution in [2.24, 2.45) is 10.4 Å². The first-order valence-corrected chi connectivity index (χ1v) is 9.43. The summed E-state index contributed by atoms with van der Waals surface area (Å²) in [6.45, 7) is 10.7. The molecule has 140 valence electrons. The Morgan fingerprint density at radius 3 is 2.92 bits per heavy atom. The summed E-state index contributed by atoms with van der Waals surface area (Å²) in [5.74, 6) is 1.10. The summed E-state index contributed by atoms with van der Waals surface area (Å²) in [7, 11) is 0. The molecule has 6 nitrogen and oxygen atoms in total. The Labute approximate surface area is 151 Å². The molecule has 0 bridgehead atoms. The van der Waals surface area contributed by atoms with Crippen LogP contribution in [0.15, 0.2) is 27.8 Å². The first kappa shape index (κ1) is 19.3. The normalized spacial score (nSPS) is 21.2. The van der Waals surface area contributed by atoms with Crippen LogP contribution in [0.3, 0.4) is 0 Å². The molecular weight excluding hydrogens is 316 g/mol. The van der Waals surface area contributed by atoms with Gasteiger partial charge in [0.25, 0.3) is 5.91 Å². The molecule has 1 atom stereocenters. The molecule has 1 aliphatic heterocycles. The van der Waals surface area contributed by atoms with E-state index in [2.05, 4.69) is 36.3 Å². The van der Waals surface area contributed by atoms with Gasteiger partial charge in [0.15, 0.2) is 11.7 Å². The standard InChI is InChI=1S/C19H32N4O2/c1-4-9-19(3)10-7-13-23(15-19)18(20-5-2)22-12-11-21-17(24)16-8-6-14-25-16/h6,8,14H,4-5,7,9-13,15H2,1-3H3,(H,20,22)(H,21,24). The van der Waals surface area contributed by atoms with Crippen molar-refractivity contribution in [1.29, 1.82) is 0 Å². The lowest BCUT2D eigenvalue weighted by Gasteiger charge is -2.42. The van der Waals surface area contributed by atoms with Crippen LogP contribution in [0.1, 0.15) is 57.0 Å². The Kier molecular flexibility index (Phi) is 7.34. The Morgan fingerprint density at radius 2 is 2.24 bits per heavy atom. The first-order chi connectivity index (χ1) is 12.1. The number of furan rings is 1. The molecule has 1 unspecified atom stereocenters. The summed E-state index contributed by atoms with van der Waals surface area (Å²) in [5.41, 5.74) is 0.372. The zero-order valence-corrected chi connectivity index (χ0v) is 15.8. The second-order valence-corrected chi connectivity index (χ2v) is 7.05. The van der Waals surface area contributed by atoms with E-state index in [9.17, 15) is 4.79 Å². The number of rotatable bonds is 7. The number of likely N-dealkylation sites (tertiary alicyclic amines) is 1. The third-order valence-electron chi connectivity index (χ3n) is 4.67. The van der Waals surface area contributed by atoms with Crippen LogP contribution >= 0.6 is 0 Å². The van der Waals surface area contributed by atoms with E-state index in [0.717, 1.165) is 25.6 Å². The fourth-order valence-corrected chi connectivity index (χ4v) is 3.56. The van der Waals surface area contributed by atoms with Gasteiger partial charge in [0.1, 0.15) is 0 Å². The summed E-state index contributed by atoms with van der Waals surface area (Å²) < 4.78 is 5.08. The molecule has 0 aromatic carbocycles. The molecule has 1 aromatic rings. The van der Waals surface area contributed by atoms with Crippen LogP contribution in [0.25, 0.3) is 0 Å². The number of piperidine rings is 1. The van der Waals surface area contributed by atoms with E-state index in [1.165, 1.54) is 31.9 Å². The monoisotopic (exact) mass is 348 g/mol. The van der Waals surface area contributed by atoms with E-state index < -0.39 is 0 Å². The molecule has 0 radical (unpaired) electrons. The minimum Gasteiger partial charge on any atom is -0.459 e. The van der Waals surface area contributed by atoms with Crippen LogP contribution in [0, 0.1) is 5.41 Å². The van der Waals surface area contributed by atoms with E-state index in [4.69, 9.17) is 9.41 Å². The van der Waals surface area contributed by atoms with Gasteiger partial charge >= 0.3 is 0 Å². The highest BCUT2D eigenvalue weighted by molar-refractivity contribution is 5.91. The smallest absolute Gasteiger partial charge is 0.287 e. The van der Waals surface area contributed by atoms with Crippen molar-refractivity contribution in [3.8, 4) is 0 Å². The number of carbonyl (C=O) groups is 1. The number of amides is 1. The lowest BCUT2D eigenvalue weighted by molar-refractivity contribution is 0.0927. The molecule has 0 aliphatic carbocycles. The Hall–Kier alpha value is -1.98. The van der Waals surface area contributed by atoms with Gasteiger partial charge in [0, 0.05) is 26.2 Å². The quantitative estimate of drug-likeness (QED) is 0.452. The summed E-state index contributed by atoms with van der Waals surface area (Å²) >= 11 is 0. The zero-order chi connectivity index (χ0) is 18.1. The Balaban J connectivity index is 1.88. The molecule has 1 aliphatic rings. The van der Waals surface area contributed by atoms with Crippen LogP contribution in [-0.4, -0.2) is 49.5 Å². The molecule has 1 amide bonds. The average molecular weight is 348 g/mol. The highest BCUT2D eigenvalue weighted by atomic mass is 16.3. The number of carbonyl (C=O) groups excluding carboxylic acids is 1. The van der Waals surface area contributed by atoms with Gasteiger partial charge in [-0.15, -0.1) is 0 Å². The highest BCUT2D eigenvalue weighted by Gasteiger charge is 2.31. The third kappa shape index (κ3) is 5.80. The van der Waals surface area contributed by atoms with E-state index >= 15 is 0 Å². The van der Waals surface area contributed by atoms with Gasteiger partial charge in [-0.05, 0) is 43.7 Å². The summed E-state index contributed by atoms with van der Waals surface area (Å²) in [6, 6.07) is 3.37. The highest BCUT2D eigenvalue weighted by Crippen LogP contribution is 2.33. The van der Waals surface area contributed by atoms with Crippen LogP contribution in [0.2, 0.25) is 0 Å². The predicted molar refractivity (Wildman–Crippen MR) is 101 cm³/mol. The second-order valence-electron chi connectivity index (χ2n) is 7.05. The van der Waals surface area contributed by atoms with Gasteiger partial charge in [-0.1, -0.05) is 20.3 Å². The van der Waals surface area contributed by atoms with Crippen molar-refractivity contribution in [2.75, 3.05) is 32.7 Å². The van der Waals surface area contributed by atoms with Crippen molar-refractivity contribution in [3.05, 3.63) is 24.2 Å². The third-order valence-corrected chi connectivity index (χ3v) is 4.67. The van der Waals surface area contributed by atoms with Gasteiger partial charge in [-0.3, -0.25) is 9.79 Å². The molecule has 2 N–H and O–H groups in total. The predicted octanol–water partition coefficient (Wildman–Crippen LogP) is 2.88. The molecule has 1 fully saturated rings. The van der Waals surface area contributed by atoms with Crippen LogP contribution in [0.4, 0.5) is 0 Å². The molecular formula is C19H32N4O2. The van der Waals surface area contributed by atoms with Crippen LogP contribution in [-0.2, 0) is 0 Å². The van der Waals surface area contributed by atoms with E-state index in [1.807, 2.05) is 0 Å². The number of aliphatic imine (C=N–C) groups is 1. The number of guanidine groups is 1. The average Bonchev–Trinajstić information content (AvgIpc) is 3.12. The van der Waals surface area contributed by atoms with E-state index in [0.29, 0.717) is 24.3 Å². The molecule has 6 heteroatoms. The van der Waals surface area contributed by atoms with E-state index in [1.54, 1.807) is 12.1 Å². The van der Waals surface area contributed by atoms with Gasteiger partial charge in [-0.2, -0.15) is 0 Å². The summed E-state index contributed by atoms with van der Waals surface area (Å²) in [4.78, 5) is 18.9. The number of hydrogen-bond donors (Lipinski definition) is 2. The SMILES string of the molecule is CCCC1(C)CCCN(C(=NCCNC(=O)c2ccco2)NCC)C1. The molecule has 0 spiro atoms. The number of nitrogens with one attached hydrogen (secondary N) is 2. The fourth-order valence-electron chi connectivity index (χ4n) is 3.56. The first-order valence-electron chi connectivity index (χ1n) is 9.43. The molecule has 0 saturated carbocycles. The van der Waals surface area contributed by atoms with Crippen LogP contribution in [0.5, 0.6) is 0 Å². The van der Waals surface area contributed by atoms with Crippen molar-refractivity contribution in [1.82, 2.24) is 15.5 Å². The summed E-state index contributed by atoms with van der Waals surface area (Å²) in [5, 5.41) is 6.23. The maximum absolute atomic E-state index is 11.9. The van der Waals surface area contributed by atoms with Gasteiger partial charge in [0.05, 0.1) is 12.8 Å². The Morgan fingerprint density at radius 1 is 1.40 bits per heavy atom. The van der Waals surface area contributed by atoms with Crippen molar-refractivity contribution < 1.29 is 9.21 Å². The topological polar surface area (TPSA) is 69.9 Å². The molecule has 2 heterocycles. The maximum atomic E-state index is 11.9. The molecule has 1 saturated heterocycles. The van der Waals surface area contributed by atoms with Crippen molar-refractivity contribution in [3.63, 3.8) is 0 Å². The lowest BCUT2D eigenvalue weighted by atomic mass is 9.78. The minimum absolute atomic E-state index is 0.196. The second kappa shape index (κ2) is 9.49. The molecule has 2 rings (SSSR count). The minimum atomic E-state index is -0.196. The molecule has 25 heavy (non-hydrogen) atoms. The largest absolute Gasteiger partial charge is 0.459 e. The maximum Gasteiger partial charge on any atom is 0.287 e.